The van der Waals surface area contributed by atoms with Gasteiger partial charge in [-0.1, -0.05) is 24.3 Å². The van der Waals surface area contributed by atoms with Gasteiger partial charge in [0.1, 0.15) is 0 Å². The van der Waals surface area contributed by atoms with E-state index in [1.807, 2.05) is 0 Å². The Balaban J connectivity index is 1.68. The van der Waals surface area contributed by atoms with E-state index in [9.17, 15) is 0 Å². The van der Waals surface area contributed by atoms with E-state index in [1.54, 1.807) is 0 Å². The summed E-state index contributed by atoms with van der Waals surface area (Å²) in [6.07, 6.45) is 5.53. The molecule has 2 fully saturated rings. The van der Waals surface area contributed by atoms with E-state index < -0.39 is 0 Å². The third-order valence-electron chi connectivity index (χ3n) is 5.34. The van der Waals surface area contributed by atoms with Crippen LogP contribution >= 0.6 is 0 Å². The summed E-state index contributed by atoms with van der Waals surface area (Å²) in [4.78, 5) is 2.70. The molecule has 2 saturated heterocycles. The number of aryl methyl sites for hydroxylation is 1. The highest BCUT2D eigenvalue weighted by Gasteiger charge is 2.31. The van der Waals surface area contributed by atoms with E-state index in [2.05, 4.69) is 48.3 Å². The van der Waals surface area contributed by atoms with Gasteiger partial charge in [0.25, 0.3) is 0 Å². The van der Waals surface area contributed by atoms with Crippen LogP contribution in [0.5, 0.6) is 0 Å². The molecule has 0 spiro atoms. The van der Waals surface area contributed by atoms with Gasteiger partial charge in [-0.15, -0.1) is 0 Å². The first-order valence-corrected chi connectivity index (χ1v) is 8.28. The van der Waals surface area contributed by atoms with Gasteiger partial charge < -0.3 is 5.32 Å². The van der Waals surface area contributed by atoms with E-state index in [0.717, 1.165) is 12.0 Å². The highest BCUT2D eigenvalue weighted by atomic mass is 15.2. The summed E-state index contributed by atoms with van der Waals surface area (Å²) in [7, 11) is 0. The van der Waals surface area contributed by atoms with Crippen molar-refractivity contribution in [3.05, 3.63) is 35.4 Å². The highest BCUT2D eigenvalue weighted by molar-refractivity contribution is 5.28. The molecule has 2 aliphatic rings. The zero-order valence-electron chi connectivity index (χ0n) is 12.9. The summed E-state index contributed by atoms with van der Waals surface area (Å²) >= 11 is 0. The molecule has 0 saturated carbocycles. The zero-order valence-corrected chi connectivity index (χ0v) is 12.9. The Hall–Kier alpha value is -0.860. The first-order valence-electron chi connectivity index (χ1n) is 8.28. The second-order valence-electron chi connectivity index (χ2n) is 6.63. The molecule has 0 aliphatic carbocycles. The number of nitrogens with one attached hydrogen (secondary N) is 1. The largest absolute Gasteiger partial charge is 0.314 e. The maximum Gasteiger partial charge on any atom is 0.0322 e. The van der Waals surface area contributed by atoms with Crippen molar-refractivity contribution in [2.45, 2.75) is 51.6 Å². The molecule has 2 heteroatoms. The molecule has 20 heavy (non-hydrogen) atoms. The van der Waals surface area contributed by atoms with Gasteiger partial charge in [0, 0.05) is 18.6 Å². The number of hydrogen-bond donors (Lipinski definition) is 1. The molecule has 0 amide bonds. The summed E-state index contributed by atoms with van der Waals surface area (Å²) in [5, 5.41) is 3.71. The zero-order chi connectivity index (χ0) is 13.9. The SMILES string of the molecule is Cc1ccccc1C(C)N1CCCC(C2CCCN2)C1. The number of nitrogens with zero attached hydrogens (tertiary/aromatic N) is 1. The predicted molar refractivity (Wildman–Crippen MR) is 84.9 cm³/mol. The van der Waals surface area contributed by atoms with Crippen molar-refractivity contribution < 1.29 is 0 Å². The van der Waals surface area contributed by atoms with Crippen LogP contribution in [0, 0.1) is 12.8 Å². The number of rotatable bonds is 3. The van der Waals surface area contributed by atoms with Crippen LogP contribution in [0.2, 0.25) is 0 Å². The van der Waals surface area contributed by atoms with Crippen molar-refractivity contribution in [3.8, 4) is 0 Å². The number of hydrogen-bond acceptors (Lipinski definition) is 2. The average molecular weight is 272 g/mol. The minimum Gasteiger partial charge on any atom is -0.314 e. The Morgan fingerprint density at radius 1 is 1.20 bits per heavy atom. The fraction of sp³-hybridized carbons (Fsp3) is 0.667. The molecule has 1 aromatic rings. The van der Waals surface area contributed by atoms with Crippen LogP contribution in [-0.2, 0) is 0 Å². The fourth-order valence-corrected chi connectivity index (χ4v) is 4.09. The molecule has 1 aromatic carbocycles. The second-order valence-corrected chi connectivity index (χ2v) is 6.63. The fourth-order valence-electron chi connectivity index (χ4n) is 4.09. The number of benzene rings is 1. The molecule has 3 unspecified atom stereocenters. The lowest BCUT2D eigenvalue weighted by molar-refractivity contribution is 0.114. The van der Waals surface area contributed by atoms with Gasteiger partial charge in [0.2, 0.25) is 0 Å². The van der Waals surface area contributed by atoms with E-state index in [1.165, 1.54) is 56.4 Å². The van der Waals surface area contributed by atoms with E-state index >= 15 is 0 Å². The molecule has 2 aliphatic heterocycles. The quantitative estimate of drug-likeness (QED) is 0.905. The van der Waals surface area contributed by atoms with Crippen molar-refractivity contribution in [3.63, 3.8) is 0 Å². The third-order valence-corrected chi connectivity index (χ3v) is 5.34. The van der Waals surface area contributed by atoms with Gasteiger partial charge in [-0.05, 0) is 69.7 Å². The molecular weight excluding hydrogens is 244 g/mol. The molecule has 2 heterocycles. The van der Waals surface area contributed by atoms with Crippen LogP contribution < -0.4 is 5.32 Å². The highest BCUT2D eigenvalue weighted by Crippen LogP contribution is 2.31. The van der Waals surface area contributed by atoms with E-state index in [4.69, 9.17) is 0 Å². The molecule has 0 aromatic heterocycles. The van der Waals surface area contributed by atoms with Crippen molar-refractivity contribution in [1.82, 2.24) is 10.2 Å². The second kappa shape index (κ2) is 6.28. The Morgan fingerprint density at radius 3 is 2.80 bits per heavy atom. The van der Waals surface area contributed by atoms with E-state index in [-0.39, 0.29) is 0 Å². The number of likely N-dealkylation sites (tertiary alicyclic amines) is 1. The molecule has 3 rings (SSSR count). The summed E-state index contributed by atoms with van der Waals surface area (Å²) in [6, 6.07) is 10.2. The van der Waals surface area contributed by atoms with Gasteiger partial charge in [-0.3, -0.25) is 4.90 Å². The van der Waals surface area contributed by atoms with Crippen LogP contribution in [0.15, 0.2) is 24.3 Å². The van der Waals surface area contributed by atoms with Crippen molar-refractivity contribution in [1.29, 1.82) is 0 Å². The number of piperidine rings is 1. The lowest BCUT2D eigenvalue weighted by Gasteiger charge is -2.39. The predicted octanol–water partition coefficient (Wildman–Crippen LogP) is 3.52. The molecule has 3 atom stereocenters. The average Bonchev–Trinajstić information content (AvgIpc) is 3.01. The maximum absolute atomic E-state index is 3.71. The van der Waals surface area contributed by atoms with Gasteiger partial charge in [0.05, 0.1) is 0 Å². The molecule has 0 bridgehead atoms. The van der Waals surface area contributed by atoms with Gasteiger partial charge >= 0.3 is 0 Å². The smallest absolute Gasteiger partial charge is 0.0322 e. The molecule has 0 radical (unpaired) electrons. The standard InChI is InChI=1S/C18H28N2/c1-14-7-3-4-9-17(14)15(2)20-12-6-8-16(13-20)18-10-5-11-19-18/h3-4,7,9,15-16,18-19H,5-6,8,10-13H2,1-2H3. The van der Waals surface area contributed by atoms with Crippen LogP contribution in [0.3, 0.4) is 0 Å². The minimum absolute atomic E-state index is 0.556. The monoisotopic (exact) mass is 272 g/mol. The van der Waals surface area contributed by atoms with Gasteiger partial charge in [-0.2, -0.15) is 0 Å². The lowest BCUT2D eigenvalue weighted by atomic mass is 9.88. The summed E-state index contributed by atoms with van der Waals surface area (Å²) in [6.45, 7) is 8.39. The Labute approximate surface area is 123 Å². The van der Waals surface area contributed by atoms with Crippen molar-refractivity contribution in [2.75, 3.05) is 19.6 Å². The van der Waals surface area contributed by atoms with Crippen LogP contribution in [0.4, 0.5) is 0 Å². The van der Waals surface area contributed by atoms with Crippen molar-refractivity contribution in [2.24, 2.45) is 5.92 Å². The normalized spacial score (nSPS) is 29.5. The summed E-state index contributed by atoms with van der Waals surface area (Å²) in [5.74, 6) is 0.859. The molecule has 1 N–H and O–H groups in total. The topological polar surface area (TPSA) is 15.3 Å². The van der Waals surface area contributed by atoms with Crippen LogP contribution in [-0.4, -0.2) is 30.6 Å². The summed E-state index contributed by atoms with van der Waals surface area (Å²) < 4.78 is 0. The Bertz CT molecular complexity index is 437. The molecular formula is C18H28N2. The minimum atomic E-state index is 0.556. The molecule has 2 nitrogen and oxygen atoms in total. The lowest BCUT2D eigenvalue weighted by Crippen LogP contribution is -2.44. The van der Waals surface area contributed by atoms with Gasteiger partial charge in [0.15, 0.2) is 0 Å². The first-order chi connectivity index (χ1) is 9.75. The Morgan fingerprint density at radius 2 is 2.05 bits per heavy atom. The summed E-state index contributed by atoms with van der Waals surface area (Å²) in [5.41, 5.74) is 2.94. The van der Waals surface area contributed by atoms with Crippen LogP contribution in [0.25, 0.3) is 0 Å². The Kier molecular flexibility index (Phi) is 4.42. The van der Waals surface area contributed by atoms with Crippen LogP contribution in [0.1, 0.15) is 49.8 Å². The van der Waals surface area contributed by atoms with E-state index in [0.29, 0.717) is 6.04 Å². The van der Waals surface area contributed by atoms with Crippen molar-refractivity contribution >= 4 is 0 Å². The third kappa shape index (κ3) is 2.91. The first kappa shape index (κ1) is 14.1. The van der Waals surface area contributed by atoms with Gasteiger partial charge in [-0.25, -0.2) is 0 Å². The molecule has 110 valence electrons. The maximum atomic E-state index is 3.71.